The summed E-state index contributed by atoms with van der Waals surface area (Å²) in [5.74, 6) is 3.38. The third-order valence-electron chi connectivity index (χ3n) is 11.1. The summed E-state index contributed by atoms with van der Waals surface area (Å²) < 4.78 is 0. The molecular weight excluding hydrogens is 462 g/mol. The predicted molar refractivity (Wildman–Crippen MR) is 144 cm³/mol. The number of piperazine rings is 1. The lowest BCUT2D eigenvalue weighted by atomic mass is 9.47. The molecule has 0 unspecified atom stereocenters. The maximum absolute atomic E-state index is 13.9. The molecule has 1 N–H and O–H groups in total. The molecule has 37 heavy (non-hydrogen) atoms. The number of aliphatic hydroxyl groups is 1. The quantitative estimate of drug-likeness (QED) is 0.635. The van der Waals surface area contributed by atoms with Crippen LogP contribution in [0.15, 0.2) is 47.9 Å². The number of aromatic nitrogens is 1. The molecule has 1 aromatic rings. The molecule has 6 nitrogen and oxygen atoms in total. The van der Waals surface area contributed by atoms with Crippen LogP contribution in [0.1, 0.15) is 52.9 Å². The number of carbonyl (C=O) groups excluding carboxylic acids is 2. The van der Waals surface area contributed by atoms with Crippen molar-refractivity contribution >= 4 is 17.4 Å². The molecule has 5 aliphatic rings. The number of rotatable bonds is 4. The van der Waals surface area contributed by atoms with Gasteiger partial charge in [0.2, 0.25) is 0 Å². The fourth-order valence-electron chi connectivity index (χ4n) is 9.34. The summed E-state index contributed by atoms with van der Waals surface area (Å²) in [5.41, 5.74) is 0.640. The zero-order valence-electron chi connectivity index (χ0n) is 22.5. The number of ketones is 2. The Bertz CT molecular complexity index is 1140. The van der Waals surface area contributed by atoms with Crippen LogP contribution in [0.4, 0.5) is 5.82 Å². The van der Waals surface area contributed by atoms with Gasteiger partial charge in [-0.15, -0.1) is 0 Å². The predicted octanol–water partition coefficient (Wildman–Crippen LogP) is 4.83. The molecule has 3 saturated carbocycles. The lowest BCUT2D eigenvalue weighted by molar-refractivity contribution is -0.137. The summed E-state index contributed by atoms with van der Waals surface area (Å²) in [6.45, 7) is 10.9. The van der Waals surface area contributed by atoms with Crippen LogP contribution < -0.4 is 4.90 Å². The highest BCUT2D eigenvalue weighted by Crippen LogP contribution is 2.67. The number of carbonyl (C=O) groups is 2. The van der Waals surface area contributed by atoms with Crippen LogP contribution >= 0.6 is 0 Å². The number of pyridine rings is 1. The van der Waals surface area contributed by atoms with E-state index in [1.54, 1.807) is 0 Å². The minimum absolute atomic E-state index is 0.0146. The lowest BCUT2D eigenvalue weighted by Gasteiger charge is -2.56. The Hall–Kier alpha value is -2.47. The van der Waals surface area contributed by atoms with Crippen LogP contribution in [0.3, 0.4) is 0 Å². The smallest absolute Gasteiger partial charge is 0.169 e. The van der Waals surface area contributed by atoms with Gasteiger partial charge in [-0.05, 0) is 86.3 Å². The van der Waals surface area contributed by atoms with Gasteiger partial charge in [0.1, 0.15) is 11.6 Å². The molecule has 2 heterocycles. The van der Waals surface area contributed by atoms with Crippen molar-refractivity contribution in [3.8, 4) is 0 Å². The lowest BCUT2D eigenvalue weighted by Crippen LogP contribution is -2.54. The fraction of sp³-hybridized carbons (Fsp3) is 0.645. The molecule has 0 radical (unpaired) electrons. The molecule has 1 aliphatic heterocycles. The van der Waals surface area contributed by atoms with Crippen LogP contribution in [-0.2, 0) is 9.59 Å². The summed E-state index contributed by atoms with van der Waals surface area (Å²) in [6.07, 6.45) is 10.2. The van der Waals surface area contributed by atoms with Gasteiger partial charge in [-0.3, -0.25) is 14.5 Å². The summed E-state index contributed by atoms with van der Waals surface area (Å²) >= 11 is 0. The largest absolute Gasteiger partial charge is 0.508 e. The Morgan fingerprint density at radius 1 is 1.11 bits per heavy atom. The van der Waals surface area contributed by atoms with Gasteiger partial charge in [-0.1, -0.05) is 25.5 Å². The first-order valence-corrected chi connectivity index (χ1v) is 14.3. The second kappa shape index (κ2) is 9.07. The zero-order chi connectivity index (χ0) is 25.9. The van der Waals surface area contributed by atoms with Crippen LogP contribution in [0, 0.1) is 40.4 Å². The Kier molecular flexibility index (Phi) is 6.09. The van der Waals surface area contributed by atoms with Gasteiger partial charge < -0.3 is 10.0 Å². The molecule has 1 saturated heterocycles. The molecule has 0 spiro atoms. The van der Waals surface area contributed by atoms with Gasteiger partial charge in [0.25, 0.3) is 0 Å². The van der Waals surface area contributed by atoms with E-state index in [2.05, 4.69) is 41.6 Å². The molecular formula is C31H41N3O3. The van der Waals surface area contributed by atoms with E-state index < -0.39 is 5.41 Å². The third kappa shape index (κ3) is 3.89. The zero-order valence-corrected chi connectivity index (χ0v) is 22.5. The Balaban J connectivity index is 1.15. The summed E-state index contributed by atoms with van der Waals surface area (Å²) in [7, 11) is 0. The fourth-order valence-corrected chi connectivity index (χ4v) is 9.34. The minimum atomic E-state index is -0.491. The van der Waals surface area contributed by atoms with Crippen LogP contribution in [-0.4, -0.2) is 59.3 Å². The molecule has 0 amide bonds. The average Bonchev–Trinajstić information content (AvgIpc) is 3.16. The second-order valence-corrected chi connectivity index (χ2v) is 12.9. The highest BCUT2D eigenvalue weighted by molar-refractivity contribution is 5.99. The van der Waals surface area contributed by atoms with Crippen molar-refractivity contribution < 1.29 is 14.7 Å². The molecule has 4 aliphatic carbocycles. The summed E-state index contributed by atoms with van der Waals surface area (Å²) in [6, 6.07) is 6.03. The maximum Gasteiger partial charge on any atom is 0.169 e. The van der Waals surface area contributed by atoms with Crippen molar-refractivity contribution in [2.45, 2.75) is 52.9 Å². The molecule has 7 atom stereocenters. The van der Waals surface area contributed by atoms with Gasteiger partial charge in [0, 0.05) is 44.4 Å². The van der Waals surface area contributed by atoms with Crippen molar-refractivity contribution in [1.82, 2.24) is 9.88 Å². The van der Waals surface area contributed by atoms with E-state index in [0.29, 0.717) is 36.0 Å². The number of allylic oxidation sites excluding steroid dienone is 3. The number of fused-ring (bicyclic) bond motifs is 5. The Morgan fingerprint density at radius 2 is 1.89 bits per heavy atom. The van der Waals surface area contributed by atoms with E-state index in [-0.39, 0.29) is 22.9 Å². The topological polar surface area (TPSA) is 73.7 Å². The number of anilines is 1. The van der Waals surface area contributed by atoms with Gasteiger partial charge in [0.15, 0.2) is 11.6 Å². The van der Waals surface area contributed by atoms with Crippen molar-refractivity contribution in [3.63, 3.8) is 0 Å². The molecule has 1 aromatic heterocycles. The van der Waals surface area contributed by atoms with E-state index in [1.807, 2.05) is 24.4 Å². The van der Waals surface area contributed by atoms with Gasteiger partial charge in [-0.25, -0.2) is 4.98 Å². The third-order valence-corrected chi connectivity index (χ3v) is 11.1. The van der Waals surface area contributed by atoms with Crippen molar-refractivity contribution in [1.29, 1.82) is 0 Å². The summed E-state index contributed by atoms with van der Waals surface area (Å²) in [4.78, 5) is 36.3. The normalized spacial score (nSPS) is 39.8. The monoisotopic (exact) mass is 503 g/mol. The SMILES string of the molecule is C[C@@H]1C[C@H]2[C@@H]3CCC4=CC(O)=CC(=O)[C@]4(C)[C@H]3CC[C@]2(C)[C@H]1C(=O)CN1CCN(c2ccccn2)CC1. The van der Waals surface area contributed by atoms with E-state index >= 15 is 0 Å². The van der Waals surface area contributed by atoms with E-state index in [9.17, 15) is 14.7 Å². The molecule has 0 aromatic carbocycles. The highest BCUT2D eigenvalue weighted by atomic mass is 16.3. The number of aliphatic hydroxyl groups excluding tert-OH is 1. The van der Waals surface area contributed by atoms with Gasteiger partial charge in [-0.2, -0.15) is 0 Å². The number of Topliss-reactive ketones (excluding diaryl/α,β-unsaturated/α-hetero) is 1. The molecule has 4 fully saturated rings. The van der Waals surface area contributed by atoms with Crippen LogP contribution in [0.5, 0.6) is 0 Å². The first kappa shape index (κ1) is 24.8. The van der Waals surface area contributed by atoms with E-state index in [0.717, 1.165) is 69.7 Å². The minimum Gasteiger partial charge on any atom is -0.508 e. The summed E-state index contributed by atoms with van der Waals surface area (Å²) in [5, 5.41) is 10.1. The first-order chi connectivity index (χ1) is 17.7. The highest BCUT2D eigenvalue weighted by Gasteiger charge is 2.63. The molecule has 0 bridgehead atoms. The molecule has 6 rings (SSSR count). The van der Waals surface area contributed by atoms with Crippen molar-refractivity contribution in [3.05, 3.63) is 47.9 Å². The average molecular weight is 504 g/mol. The van der Waals surface area contributed by atoms with Crippen LogP contribution in [0.2, 0.25) is 0 Å². The van der Waals surface area contributed by atoms with E-state index in [4.69, 9.17) is 0 Å². The maximum atomic E-state index is 13.9. The van der Waals surface area contributed by atoms with Crippen LogP contribution in [0.25, 0.3) is 0 Å². The second-order valence-electron chi connectivity index (χ2n) is 12.9. The first-order valence-electron chi connectivity index (χ1n) is 14.3. The Morgan fingerprint density at radius 3 is 2.62 bits per heavy atom. The number of hydrogen-bond acceptors (Lipinski definition) is 6. The van der Waals surface area contributed by atoms with Crippen molar-refractivity contribution in [2.75, 3.05) is 37.6 Å². The van der Waals surface area contributed by atoms with E-state index in [1.165, 1.54) is 6.08 Å². The number of nitrogens with zero attached hydrogens (tertiary/aromatic N) is 3. The standard InChI is InChI=1S/C31H41N3O3/c1-20-16-25-23-8-7-21-17-22(35)18-27(37)31(21,3)24(23)9-10-30(25,2)29(20)26(36)19-33-12-14-34(15-13-33)28-6-4-5-11-32-28/h4-6,11,17-18,20,23-25,29,35H,7-10,12-16,19H2,1-3H3/t20-,23-,24+,25+,29-,30+,31+/m1/s1. The van der Waals surface area contributed by atoms with Crippen molar-refractivity contribution in [2.24, 2.45) is 40.4 Å². The number of hydrogen-bond donors (Lipinski definition) is 1. The molecule has 198 valence electrons. The van der Waals surface area contributed by atoms with Gasteiger partial charge >= 0.3 is 0 Å². The van der Waals surface area contributed by atoms with Gasteiger partial charge in [0.05, 0.1) is 12.0 Å². The molecule has 6 heteroatoms. The Labute approximate surface area is 220 Å².